The van der Waals surface area contributed by atoms with Gasteiger partial charge in [-0.3, -0.25) is 0 Å². The Morgan fingerprint density at radius 1 is 0.905 bits per heavy atom. The van der Waals surface area contributed by atoms with E-state index in [1.165, 1.54) is 24.3 Å². The van der Waals surface area contributed by atoms with Crippen LogP contribution in [0.1, 0.15) is 0 Å². The summed E-state index contributed by atoms with van der Waals surface area (Å²) in [5.74, 6) is 0. The van der Waals surface area contributed by atoms with Crippen LogP contribution in [0.5, 0.6) is 0 Å². The van der Waals surface area contributed by atoms with Crippen LogP contribution in [0.3, 0.4) is 0 Å². The highest BCUT2D eigenvalue weighted by Crippen LogP contribution is 2.21. The van der Waals surface area contributed by atoms with Crippen molar-refractivity contribution in [1.29, 1.82) is 0 Å². The van der Waals surface area contributed by atoms with Crippen LogP contribution in [-0.2, 0) is 19.3 Å². The molecule has 21 heavy (non-hydrogen) atoms. The second-order valence-corrected chi connectivity index (χ2v) is 5.49. The largest absolute Gasteiger partial charge is 0.399 e. The van der Waals surface area contributed by atoms with Gasteiger partial charge in [-0.15, -0.1) is 4.33 Å². The summed E-state index contributed by atoms with van der Waals surface area (Å²) in [5, 5.41) is 8.00. The van der Waals surface area contributed by atoms with E-state index in [-0.39, 0.29) is 4.90 Å². The normalized spacial score (nSPS) is 11.9. The predicted octanol–water partition coefficient (Wildman–Crippen LogP) is 2.95. The van der Waals surface area contributed by atoms with E-state index in [0.29, 0.717) is 17.1 Å². The fourth-order valence-electron chi connectivity index (χ4n) is 1.46. The molecule has 0 aliphatic rings. The van der Waals surface area contributed by atoms with Gasteiger partial charge in [0.2, 0.25) is 0 Å². The van der Waals surface area contributed by atoms with Gasteiger partial charge in [-0.25, -0.2) is 4.89 Å². The average Bonchev–Trinajstić information content (AvgIpc) is 2.47. The Balaban J connectivity index is 2.14. The molecular weight excluding hydrogens is 294 g/mol. The fourth-order valence-corrected chi connectivity index (χ4v) is 2.19. The predicted molar refractivity (Wildman–Crippen MR) is 76.8 cm³/mol. The Labute approximate surface area is 122 Å². The average molecular weight is 307 g/mol. The quantitative estimate of drug-likeness (QED) is 0.396. The number of hydrogen-bond donors (Lipinski definition) is 1. The van der Waals surface area contributed by atoms with Crippen LogP contribution >= 0.6 is 0 Å². The third kappa shape index (κ3) is 4.09. The maximum absolute atomic E-state index is 11.5. The van der Waals surface area contributed by atoms with Crippen LogP contribution in [-0.4, -0.2) is 15.5 Å². The molecule has 2 aromatic carbocycles. The highest BCUT2D eigenvalue weighted by molar-refractivity contribution is 7.86. The molecule has 0 saturated heterocycles. The molecule has 0 bridgehead atoms. The van der Waals surface area contributed by atoms with Crippen molar-refractivity contribution in [1.82, 2.24) is 0 Å². The number of azo groups is 1. The Bertz CT molecular complexity index is 725. The van der Waals surface area contributed by atoms with Gasteiger partial charge < -0.3 is 5.73 Å². The summed E-state index contributed by atoms with van der Waals surface area (Å²) in [6, 6.07) is 12.6. The summed E-state index contributed by atoms with van der Waals surface area (Å²) in [5.41, 5.74) is 7.35. The smallest absolute Gasteiger partial charge is 0.323 e. The first kappa shape index (κ1) is 15.1. The van der Waals surface area contributed by atoms with Crippen LogP contribution in [0.4, 0.5) is 17.1 Å². The van der Waals surface area contributed by atoms with E-state index >= 15 is 0 Å². The third-order valence-corrected chi connectivity index (χ3v) is 3.62. The molecule has 110 valence electrons. The van der Waals surface area contributed by atoms with E-state index in [9.17, 15) is 8.42 Å². The van der Waals surface area contributed by atoms with Gasteiger partial charge >= 0.3 is 10.1 Å². The first-order valence-electron chi connectivity index (χ1n) is 5.86. The molecule has 0 atom stereocenters. The molecule has 7 nitrogen and oxygen atoms in total. The number of rotatable bonds is 5. The van der Waals surface area contributed by atoms with Gasteiger partial charge in [0.05, 0.1) is 23.4 Å². The van der Waals surface area contributed by atoms with Crippen LogP contribution in [0.2, 0.25) is 0 Å². The van der Waals surface area contributed by atoms with Crippen LogP contribution in [0.25, 0.3) is 0 Å². The minimum absolute atomic E-state index is 0.0317. The van der Waals surface area contributed by atoms with E-state index in [4.69, 9.17) is 5.73 Å². The molecule has 2 rings (SSSR count). The maximum Gasteiger partial charge on any atom is 0.323 e. The van der Waals surface area contributed by atoms with Gasteiger partial charge in [-0.2, -0.15) is 18.6 Å². The minimum atomic E-state index is -3.91. The van der Waals surface area contributed by atoms with Crippen molar-refractivity contribution in [3.63, 3.8) is 0 Å². The van der Waals surface area contributed by atoms with Crippen LogP contribution in [0, 0.1) is 0 Å². The van der Waals surface area contributed by atoms with Crippen LogP contribution < -0.4 is 5.73 Å². The Morgan fingerprint density at radius 3 is 1.86 bits per heavy atom. The minimum Gasteiger partial charge on any atom is -0.399 e. The standard InChI is InChI=1S/C13H13N3O4S/c1-19-20-21(17,18)13-8-6-12(7-9-13)16-15-11-4-2-10(14)3-5-11/h2-9H,14H2,1H3. The Morgan fingerprint density at radius 2 is 1.38 bits per heavy atom. The van der Waals surface area contributed by atoms with Crippen molar-refractivity contribution in [3.05, 3.63) is 48.5 Å². The number of nitrogens with two attached hydrogens (primary N) is 1. The summed E-state index contributed by atoms with van der Waals surface area (Å²) < 4.78 is 27.3. The van der Waals surface area contributed by atoms with Crippen molar-refractivity contribution < 1.29 is 17.6 Å². The Hall–Kier alpha value is -2.29. The van der Waals surface area contributed by atoms with Crippen molar-refractivity contribution in [2.45, 2.75) is 4.90 Å². The van der Waals surface area contributed by atoms with Gasteiger partial charge in [0, 0.05) is 5.69 Å². The van der Waals surface area contributed by atoms with E-state index in [0.717, 1.165) is 7.11 Å². The molecule has 0 fully saturated rings. The number of hydrogen-bond acceptors (Lipinski definition) is 7. The molecule has 0 spiro atoms. The molecule has 0 aromatic heterocycles. The molecule has 8 heteroatoms. The molecular formula is C13H13N3O4S. The third-order valence-electron chi connectivity index (χ3n) is 2.46. The number of nitrogen functional groups attached to an aromatic ring is 1. The Kier molecular flexibility index (Phi) is 4.63. The molecule has 0 unspecified atom stereocenters. The zero-order valence-corrected chi connectivity index (χ0v) is 11.9. The van der Waals surface area contributed by atoms with E-state index in [1.54, 1.807) is 24.3 Å². The van der Waals surface area contributed by atoms with Gasteiger partial charge in [-0.05, 0) is 48.5 Å². The summed E-state index contributed by atoms with van der Waals surface area (Å²) in [6.07, 6.45) is 0. The summed E-state index contributed by atoms with van der Waals surface area (Å²) >= 11 is 0. The monoisotopic (exact) mass is 307 g/mol. The molecule has 0 aliphatic carbocycles. The van der Waals surface area contributed by atoms with Gasteiger partial charge in [0.1, 0.15) is 0 Å². The molecule has 0 aliphatic heterocycles. The fraction of sp³-hybridized carbons (Fsp3) is 0.0769. The van der Waals surface area contributed by atoms with Crippen molar-refractivity contribution >= 4 is 27.2 Å². The van der Waals surface area contributed by atoms with Crippen LogP contribution in [0.15, 0.2) is 63.7 Å². The lowest BCUT2D eigenvalue weighted by Crippen LogP contribution is -2.04. The van der Waals surface area contributed by atoms with E-state index < -0.39 is 10.1 Å². The lowest BCUT2D eigenvalue weighted by Gasteiger charge is -2.01. The maximum atomic E-state index is 11.5. The second kappa shape index (κ2) is 6.44. The second-order valence-electron chi connectivity index (χ2n) is 3.97. The van der Waals surface area contributed by atoms with E-state index in [2.05, 4.69) is 19.4 Å². The molecule has 2 aromatic rings. The zero-order valence-electron chi connectivity index (χ0n) is 11.1. The molecule has 0 heterocycles. The summed E-state index contributed by atoms with van der Waals surface area (Å²) in [6.45, 7) is 0. The molecule has 0 amide bonds. The van der Waals surface area contributed by atoms with Crippen molar-refractivity contribution in [3.8, 4) is 0 Å². The van der Waals surface area contributed by atoms with Gasteiger partial charge in [0.15, 0.2) is 0 Å². The highest BCUT2D eigenvalue weighted by atomic mass is 32.2. The number of nitrogens with zero attached hydrogens (tertiary/aromatic N) is 2. The van der Waals surface area contributed by atoms with Crippen molar-refractivity contribution in [2.24, 2.45) is 10.2 Å². The highest BCUT2D eigenvalue weighted by Gasteiger charge is 2.15. The van der Waals surface area contributed by atoms with Crippen molar-refractivity contribution in [2.75, 3.05) is 12.8 Å². The van der Waals surface area contributed by atoms with Gasteiger partial charge in [-0.1, -0.05) is 0 Å². The SMILES string of the molecule is COOS(=O)(=O)c1ccc(N=Nc2ccc(N)cc2)cc1. The lowest BCUT2D eigenvalue weighted by atomic mass is 10.3. The molecule has 2 N–H and O–H groups in total. The molecule has 0 radical (unpaired) electrons. The first-order chi connectivity index (χ1) is 10.0. The topological polar surface area (TPSA) is 103 Å². The number of anilines is 1. The summed E-state index contributed by atoms with van der Waals surface area (Å²) in [7, 11) is -2.79. The molecule has 0 saturated carbocycles. The zero-order chi connectivity index (χ0) is 15.3. The lowest BCUT2D eigenvalue weighted by molar-refractivity contribution is -0.172. The van der Waals surface area contributed by atoms with Gasteiger partial charge in [0.25, 0.3) is 0 Å². The summed E-state index contributed by atoms with van der Waals surface area (Å²) in [4.78, 5) is 4.13. The van der Waals surface area contributed by atoms with E-state index in [1.807, 2.05) is 0 Å². The first-order valence-corrected chi connectivity index (χ1v) is 7.27. The number of benzene rings is 2.